The van der Waals surface area contributed by atoms with Crippen LogP contribution in [-0.4, -0.2) is 32.4 Å². The molecule has 0 heterocycles. The zero-order valence-corrected chi connectivity index (χ0v) is 12.6. The van der Waals surface area contributed by atoms with E-state index in [2.05, 4.69) is 5.10 Å². The van der Waals surface area contributed by atoms with Crippen LogP contribution in [0, 0.1) is 0 Å². The topological polar surface area (TPSA) is 34.1 Å². The Labute approximate surface area is 125 Å². The summed E-state index contributed by atoms with van der Waals surface area (Å²) in [5.41, 5.74) is 2.09. The lowest BCUT2D eigenvalue weighted by Crippen LogP contribution is -2.02. The minimum Gasteiger partial charge on any atom is -0.493 e. The highest BCUT2D eigenvalue weighted by Crippen LogP contribution is 2.28. The van der Waals surface area contributed by atoms with Crippen molar-refractivity contribution in [3.8, 4) is 11.5 Å². The Morgan fingerprint density at radius 1 is 1.05 bits per heavy atom. The van der Waals surface area contributed by atoms with Crippen molar-refractivity contribution < 1.29 is 9.47 Å². The first-order chi connectivity index (χ1) is 10.2. The molecule has 0 aromatic heterocycles. The first kappa shape index (κ1) is 14.9. The lowest BCUT2D eigenvalue weighted by molar-refractivity contribution is 0.284. The molecule has 2 aromatic rings. The van der Waals surface area contributed by atoms with Gasteiger partial charge >= 0.3 is 0 Å². The molecule has 4 heteroatoms. The van der Waals surface area contributed by atoms with Crippen molar-refractivity contribution in [2.24, 2.45) is 5.10 Å². The lowest BCUT2D eigenvalue weighted by atomic mass is 10.2. The van der Waals surface area contributed by atoms with E-state index in [1.54, 1.807) is 18.3 Å². The summed E-state index contributed by atoms with van der Waals surface area (Å²) >= 11 is 0. The molecule has 0 aliphatic heterocycles. The van der Waals surface area contributed by atoms with Gasteiger partial charge in [0.25, 0.3) is 0 Å². The maximum absolute atomic E-state index is 5.81. The molecule has 0 aliphatic rings. The molecule has 0 unspecified atom stereocenters. The van der Waals surface area contributed by atoms with E-state index in [0.29, 0.717) is 12.4 Å². The fourth-order valence-electron chi connectivity index (χ4n) is 1.80. The van der Waals surface area contributed by atoms with Gasteiger partial charge in [0.05, 0.1) is 13.3 Å². The molecule has 0 radical (unpaired) electrons. The second kappa shape index (κ2) is 7.33. The third-order valence-electron chi connectivity index (χ3n) is 2.86. The molecule has 4 nitrogen and oxygen atoms in total. The normalized spacial score (nSPS) is 10.6. The van der Waals surface area contributed by atoms with E-state index < -0.39 is 0 Å². The molecule has 0 N–H and O–H groups in total. The van der Waals surface area contributed by atoms with E-state index in [0.717, 1.165) is 16.9 Å². The highest BCUT2D eigenvalue weighted by atomic mass is 16.5. The molecule has 0 atom stereocenters. The average molecular weight is 284 g/mol. The third-order valence-corrected chi connectivity index (χ3v) is 2.86. The van der Waals surface area contributed by atoms with E-state index in [-0.39, 0.29) is 0 Å². The molecule has 0 spiro atoms. The van der Waals surface area contributed by atoms with Crippen molar-refractivity contribution in [3.05, 3.63) is 59.7 Å². The van der Waals surface area contributed by atoms with Gasteiger partial charge in [0.2, 0.25) is 0 Å². The molecule has 0 saturated carbocycles. The maximum Gasteiger partial charge on any atom is 0.161 e. The lowest BCUT2D eigenvalue weighted by Gasteiger charge is -2.11. The number of hydrogen-bond donors (Lipinski definition) is 0. The molecular formula is C17H20N2O2. The fourth-order valence-corrected chi connectivity index (χ4v) is 1.80. The van der Waals surface area contributed by atoms with Gasteiger partial charge in [0.1, 0.15) is 6.61 Å². The Hall–Kier alpha value is -2.49. The summed E-state index contributed by atoms with van der Waals surface area (Å²) in [6.45, 7) is 0.516. The number of methoxy groups -OCH3 is 1. The van der Waals surface area contributed by atoms with Crippen LogP contribution in [-0.2, 0) is 6.61 Å². The first-order valence-electron chi connectivity index (χ1n) is 6.75. The smallest absolute Gasteiger partial charge is 0.161 e. The van der Waals surface area contributed by atoms with Crippen molar-refractivity contribution in [1.82, 2.24) is 5.01 Å². The van der Waals surface area contributed by atoms with Gasteiger partial charge in [-0.3, -0.25) is 0 Å². The highest BCUT2D eigenvalue weighted by Gasteiger charge is 2.05. The number of hydrogen-bond acceptors (Lipinski definition) is 4. The van der Waals surface area contributed by atoms with E-state index in [9.17, 15) is 0 Å². The van der Waals surface area contributed by atoms with E-state index in [1.165, 1.54) is 0 Å². The summed E-state index contributed by atoms with van der Waals surface area (Å²) in [5, 5.41) is 5.95. The first-order valence-corrected chi connectivity index (χ1v) is 6.75. The predicted octanol–water partition coefficient (Wildman–Crippen LogP) is 3.17. The number of hydrazone groups is 1. The number of rotatable bonds is 6. The maximum atomic E-state index is 5.81. The Morgan fingerprint density at radius 3 is 2.48 bits per heavy atom. The van der Waals surface area contributed by atoms with Gasteiger partial charge in [-0.1, -0.05) is 30.3 Å². The van der Waals surface area contributed by atoms with Gasteiger partial charge in [-0.05, 0) is 29.3 Å². The molecule has 0 aliphatic carbocycles. The van der Waals surface area contributed by atoms with Gasteiger partial charge in [-0.25, -0.2) is 0 Å². The van der Waals surface area contributed by atoms with E-state index >= 15 is 0 Å². The molecular weight excluding hydrogens is 264 g/mol. The summed E-state index contributed by atoms with van der Waals surface area (Å²) in [7, 11) is 5.40. The van der Waals surface area contributed by atoms with Crippen LogP contribution in [0.2, 0.25) is 0 Å². The molecule has 0 saturated heterocycles. The second-order valence-corrected chi connectivity index (χ2v) is 4.78. The van der Waals surface area contributed by atoms with Crippen LogP contribution in [0.25, 0.3) is 0 Å². The molecule has 0 fully saturated rings. The predicted molar refractivity (Wildman–Crippen MR) is 85.0 cm³/mol. The van der Waals surface area contributed by atoms with Gasteiger partial charge in [-0.2, -0.15) is 5.10 Å². The van der Waals surface area contributed by atoms with Gasteiger partial charge in [0.15, 0.2) is 11.5 Å². The number of nitrogens with zero attached hydrogens (tertiary/aromatic N) is 2. The molecule has 2 aromatic carbocycles. The number of benzene rings is 2. The van der Waals surface area contributed by atoms with Crippen molar-refractivity contribution in [2.75, 3.05) is 21.2 Å². The minimum absolute atomic E-state index is 0.516. The average Bonchev–Trinajstić information content (AvgIpc) is 2.52. The van der Waals surface area contributed by atoms with Crippen LogP contribution in [0.1, 0.15) is 11.1 Å². The summed E-state index contributed by atoms with van der Waals surface area (Å²) < 4.78 is 11.2. The zero-order valence-electron chi connectivity index (χ0n) is 12.6. The quantitative estimate of drug-likeness (QED) is 0.603. The van der Waals surface area contributed by atoms with Crippen molar-refractivity contribution in [1.29, 1.82) is 0 Å². The summed E-state index contributed by atoms with van der Waals surface area (Å²) in [6, 6.07) is 15.8. The molecule has 21 heavy (non-hydrogen) atoms. The zero-order chi connectivity index (χ0) is 15.1. The molecule has 110 valence electrons. The van der Waals surface area contributed by atoms with Gasteiger partial charge in [0, 0.05) is 14.1 Å². The van der Waals surface area contributed by atoms with Gasteiger partial charge in [-0.15, -0.1) is 0 Å². The molecule has 0 bridgehead atoms. The van der Waals surface area contributed by atoms with Crippen LogP contribution in [0.15, 0.2) is 53.6 Å². The van der Waals surface area contributed by atoms with E-state index in [4.69, 9.17) is 9.47 Å². The molecule has 0 amide bonds. The van der Waals surface area contributed by atoms with Crippen LogP contribution in [0.5, 0.6) is 11.5 Å². The summed E-state index contributed by atoms with van der Waals surface area (Å²) in [6.07, 6.45) is 1.78. The standard InChI is InChI=1S/C17H20N2O2/c1-19(2)18-12-15-9-10-16(17(11-15)20-3)21-13-14-7-5-4-6-8-14/h4-12H,13H2,1-3H3/b18-12+. The van der Waals surface area contributed by atoms with Crippen molar-refractivity contribution in [3.63, 3.8) is 0 Å². The van der Waals surface area contributed by atoms with Crippen molar-refractivity contribution in [2.45, 2.75) is 6.61 Å². The van der Waals surface area contributed by atoms with Crippen LogP contribution in [0.4, 0.5) is 0 Å². The third kappa shape index (κ3) is 4.53. The van der Waals surface area contributed by atoms with Gasteiger partial charge < -0.3 is 14.5 Å². The van der Waals surface area contributed by atoms with E-state index in [1.807, 2.05) is 62.6 Å². The summed E-state index contributed by atoms with van der Waals surface area (Å²) in [5.74, 6) is 1.43. The Balaban J connectivity index is 2.09. The van der Waals surface area contributed by atoms with Crippen LogP contribution >= 0.6 is 0 Å². The largest absolute Gasteiger partial charge is 0.493 e. The Kier molecular flexibility index (Phi) is 5.21. The van der Waals surface area contributed by atoms with Crippen LogP contribution in [0.3, 0.4) is 0 Å². The highest BCUT2D eigenvalue weighted by molar-refractivity contribution is 5.80. The second-order valence-electron chi connectivity index (χ2n) is 4.78. The summed E-state index contributed by atoms with van der Waals surface area (Å²) in [4.78, 5) is 0. The SMILES string of the molecule is COc1cc(/C=N/N(C)C)ccc1OCc1ccccc1. The fraction of sp³-hybridized carbons (Fsp3) is 0.235. The minimum atomic E-state index is 0.516. The van der Waals surface area contributed by atoms with Crippen molar-refractivity contribution >= 4 is 6.21 Å². The number of ether oxygens (including phenoxy) is 2. The monoisotopic (exact) mass is 284 g/mol. The Bertz CT molecular complexity index is 595. The van der Waals surface area contributed by atoms with Crippen LogP contribution < -0.4 is 9.47 Å². The molecule has 2 rings (SSSR count). The Morgan fingerprint density at radius 2 is 1.81 bits per heavy atom.